The normalized spacial score (nSPS) is 11.7. The Morgan fingerprint density at radius 2 is 1.55 bits per heavy atom. The van der Waals surface area contributed by atoms with E-state index < -0.39 is 0 Å². The average molecular weight is 540 g/mol. The second-order valence-electron chi connectivity index (χ2n) is 11.9. The molecule has 5 heteroatoms. The van der Waals surface area contributed by atoms with Gasteiger partial charge in [-0.05, 0) is 97.0 Å². The molecule has 0 aliphatic heterocycles. The number of hydrogen-bond acceptors (Lipinski definition) is 4. The first-order valence-electron chi connectivity index (χ1n) is 14.9. The Balaban J connectivity index is 1.80. The molecule has 0 spiro atoms. The van der Waals surface area contributed by atoms with Gasteiger partial charge in [0.1, 0.15) is 0 Å². The zero-order chi connectivity index (χ0) is 28.6. The molecule has 5 nitrogen and oxygen atoms in total. The first-order chi connectivity index (χ1) is 19.2. The SMILES string of the molecule is CC(C)Cc1cc(-c2c(CC(C)C)cc(O)c(=O)n2CCc2ccc3ccccc3c2)cc(CCCCCN)n1. The molecule has 0 radical (unpaired) electrons. The van der Waals surface area contributed by atoms with Gasteiger partial charge in [-0.3, -0.25) is 9.78 Å². The van der Waals surface area contributed by atoms with Crippen LogP contribution in [0.15, 0.2) is 65.5 Å². The molecule has 0 aliphatic rings. The largest absolute Gasteiger partial charge is 0.503 e. The lowest BCUT2D eigenvalue weighted by molar-refractivity contribution is 0.455. The Morgan fingerprint density at radius 1 is 0.825 bits per heavy atom. The zero-order valence-corrected chi connectivity index (χ0v) is 24.6. The van der Waals surface area contributed by atoms with E-state index in [0.29, 0.717) is 31.3 Å². The quantitative estimate of drug-likeness (QED) is 0.178. The molecule has 0 atom stereocenters. The molecule has 0 amide bonds. The lowest BCUT2D eigenvalue weighted by atomic mass is 9.95. The second kappa shape index (κ2) is 13.8. The van der Waals surface area contributed by atoms with Gasteiger partial charge in [0.25, 0.3) is 5.56 Å². The van der Waals surface area contributed by atoms with Gasteiger partial charge in [-0.25, -0.2) is 0 Å². The molecule has 0 bridgehead atoms. The van der Waals surface area contributed by atoms with Crippen LogP contribution in [0.3, 0.4) is 0 Å². The van der Waals surface area contributed by atoms with Gasteiger partial charge in [-0.1, -0.05) is 76.6 Å². The van der Waals surface area contributed by atoms with E-state index in [4.69, 9.17) is 10.7 Å². The van der Waals surface area contributed by atoms with E-state index in [1.54, 1.807) is 10.6 Å². The predicted octanol–water partition coefficient (Wildman–Crippen LogP) is 7.08. The summed E-state index contributed by atoms with van der Waals surface area (Å²) < 4.78 is 1.80. The third kappa shape index (κ3) is 7.60. The van der Waals surface area contributed by atoms with Gasteiger partial charge in [0.05, 0.1) is 5.69 Å². The Labute approximate surface area is 239 Å². The number of fused-ring (bicyclic) bond motifs is 1. The van der Waals surface area contributed by atoms with Crippen LogP contribution >= 0.6 is 0 Å². The fourth-order valence-corrected chi connectivity index (χ4v) is 5.56. The van der Waals surface area contributed by atoms with Crippen LogP contribution in [0.5, 0.6) is 5.75 Å². The number of aryl methyl sites for hydroxylation is 2. The van der Waals surface area contributed by atoms with Crippen molar-refractivity contribution in [1.29, 1.82) is 0 Å². The minimum Gasteiger partial charge on any atom is -0.503 e. The number of aromatic nitrogens is 2. The minimum absolute atomic E-state index is 0.184. The van der Waals surface area contributed by atoms with Crippen molar-refractivity contribution in [2.75, 3.05) is 6.54 Å². The molecule has 40 heavy (non-hydrogen) atoms. The van der Waals surface area contributed by atoms with E-state index in [2.05, 4.69) is 70.2 Å². The van der Waals surface area contributed by atoms with Crippen LogP contribution in [0.1, 0.15) is 69.5 Å². The van der Waals surface area contributed by atoms with Crippen molar-refractivity contribution >= 4 is 10.8 Å². The lowest BCUT2D eigenvalue weighted by Crippen LogP contribution is -2.24. The second-order valence-corrected chi connectivity index (χ2v) is 11.9. The van der Waals surface area contributed by atoms with E-state index in [1.807, 2.05) is 12.1 Å². The summed E-state index contributed by atoms with van der Waals surface area (Å²) in [6, 6.07) is 20.8. The summed E-state index contributed by atoms with van der Waals surface area (Å²) in [6.45, 7) is 9.95. The van der Waals surface area contributed by atoms with Gasteiger partial charge < -0.3 is 15.4 Å². The molecule has 0 saturated carbocycles. The molecule has 4 rings (SSSR count). The van der Waals surface area contributed by atoms with Gasteiger partial charge in [-0.2, -0.15) is 0 Å². The maximum absolute atomic E-state index is 13.5. The Bertz CT molecular complexity index is 1490. The van der Waals surface area contributed by atoms with Crippen LogP contribution in [0, 0.1) is 11.8 Å². The van der Waals surface area contributed by atoms with Crippen LogP contribution in [-0.2, 0) is 32.2 Å². The van der Waals surface area contributed by atoms with Crippen molar-refractivity contribution in [3.63, 3.8) is 0 Å². The molecular weight excluding hydrogens is 494 g/mol. The van der Waals surface area contributed by atoms with Gasteiger partial charge >= 0.3 is 0 Å². The molecule has 0 fully saturated rings. The summed E-state index contributed by atoms with van der Waals surface area (Å²) in [7, 11) is 0. The first kappa shape index (κ1) is 29.5. The molecule has 2 heterocycles. The van der Waals surface area contributed by atoms with Crippen molar-refractivity contribution in [1.82, 2.24) is 9.55 Å². The minimum atomic E-state index is -0.338. The Kier molecular flexibility index (Phi) is 10.2. The number of pyridine rings is 2. The van der Waals surface area contributed by atoms with E-state index in [-0.39, 0.29) is 11.3 Å². The summed E-state index contributed by atoms with van der Waals surface area (Å²) in [6.07, 6.45) is 6.36. The maximum atomic E-state index is 13.5. The highest BCUT2D eigenvalue weighted by Gasteiger charge is 2.19. The van der Waals surface area contributed by atoms with Gasteiger partial charge in [0.2, 0.25) is 0 Å². The summed E-state index contributed by atoms with van der Waals surface area (Å²) in [5, 5.41) is 13.1. The predicted molar refractivity (Wildman–Crippen MR) is 167 cm³/mol. The molecular formula is C35H45N3O2. The summed E-state index contributed by atoms with van der Waals surface area (Å²) in [4.78, 5) is 18.5. The smallest absolute Gasteiger partial charge is 0.293 e. The third-order valence-corrected chi connectivity index (χ3v) is 7.37. The Hall–Kier alpha value is -3.44. The highest BCUT2D eigenvalue weighted by Crippen LogP contribution is 2.30. The molecule has 3 N–H and O–H groups in total. The number of benzene rings is 2. The van der Waals surface area contributed by atoms with Crippen molar-refractivity contribution in [3.05, 3.63) is 93.5 Å². The van der Waals surface area contributed by atoms with E-state index in [0.717, 1.165) is 66.7 Å². The number of nitrogens with zero attached hydrogens (tertiary/aromatic N) is 2. The van der Waals surface area contributed by atoms with Crippen LogP contribution in [0.25, 0.3) is 22.0 Å². The molecule has 0 unspecified atom stereocenters. The summed E-state index contributed by atoms with van der Waals surface area (Å²) in [5.41, 5.74) is 11.6. The molecule has 2 aromatic heterocycles. The molecule has 2 aromatic carbocycles. The molecule has 212 valence electrons. The highest BCUT2D eigenvalue weighted by atomic mass is 16.3. The first-order valence-corrected chi connectivity index (χ1v) is 14.9. The van der Waals surface area contributed by atoms with Crippen molar-refractivity contribution in [2.45, 2.75) is 79.2 Å². The van der Waals surface area contributed by atoms with Gasteiger partial charge in [-0.15, -0.1) is 0 Å². The summed E-state index contributed by atoms with van der Waals surface area (Å²) in [5.74, 6) is 0.659. The fraction of sp³-hybridized carbons (Fsp3) is 0.429. The lowest BCUT2D eigenvalue weighted by Gasteiger charge is -2.21. The Morgan fingerprint density at radius 3 is 2.27 bits per heavy atom. The van der Waals surface area contributed by atoms with Crippen LogP contribution in [0.4, 0.5) is 0 Å². The zero-order valence-electron chi connectivity index (χ0n) is 24.6. The van der Waals surface area contributed by atoms with Gasteiger partial charge in [0, 0.05) is 23.5 Å². The van der Waals surface area contributed by atoms with Crippen LogP contribution in [0.2, 0.25) is 0 Å². The summed E-state index contributed by atoms with van der Waals surface area (Å²) >= 11 is 0. The highest BCUT2D eigenvalue weighted by molar-refractivity contribution is 5.83. The number of nitrogens with two attached hydrogens (primary N) is 1. The van der Waals surface area contributed by atoms with Crippen molar-refractivity contribution in [3.8, 4) is 17.0 Å². The van der Waals surface area contributed by atoms with Crippen molar-refractivity contribution in [2.24, 2.45) is 17.6 Å². The van der Waals surface area contributed by atoms with E-state index in [1.165, 1.54) is 16.3 Å². The topological polar surface area (TPSA) is 81.1 Å². The van der Waals surface area contributed by atoms with E-state index >= 15 is 0 Å². The molecule has 0 aliphatic carbocycles. The van der Waals surface area contributed by atoms with E-state index in [9.17, 15) is 9.90 Å². The standard InChI is InChI=1S/C35H45N3O2/c1-24(2)18-29-23-33(39)35(40)38(17-15-26-13-14-27-10-7-8-11-28(27)20-26)34(29)30-21-31(12-6-5-9-16-36)37-32(22-30)19-25(3)4/h7-8,10-11,13-14,20-25,39H,5-6,9,12,15-19,36H2,1-4H3. The number of hydrogen-bond donors (Lipinski definition) is 2. The fourth-order valence-electron chi connectivity index (χ4n) is 5.56. The average Bonchev–Trinajstić information content (AvgIpc) is 2.91. The van der Waals surface area contributed by atoms with Crippen LogP contribution in [-0.4, -0.2) is 21.2 Å². The van der Waals surface area contributed by atoms with Crippen LogP contribution < -0.4 is 11.3 Å². The molecule has 0 saturated heterocycles. The number of rotatable bonds is 13. The monoisotopic (exact) mass is 539 g/mol. The molecule has 4 aromatic rings. The third-order valence-electron chi connectivity index (χ3n) is 7.37. The van der Waals surface area contributed by atoms with Crippen molar-refractivity contribution < 1.29 is 5.11 Å². The van der Waals surface area contributed by atoms with Gasteiger partial charge in [0.15, 0.2) is 5.75 Å². The number of unbranched alkanes of at least 4 members (excludes halogenated alkanes) is 2. The maximum Gasteiger partial charge on any atom is 0.293 e. The number of aromatic hydroxyl groups is 1.